The zero-order chi connectivity index (χ0) is 27.2. The van der Waals surface area contributed by atoms with Gasteiger partial charge in [0.15, 0.2) is 17.3 Å². The van der Waals surface area contributed by atoms with Crippen LogP contribution >= 0.6 is 0 Å². The Hall–Kier alpha value is -4.44. The van der Waals surface area contributed by atoms with Gasteiger partial charge < -0.3 is 30.3 Å². The summed E-state index contributed by atoms with van der Waals surface area (Å²) >= 11 is 0. The number of Topliss-reactive ketones (excluding diaryl/α,β-unsaturated/α-hetero) is 2. The number of phenols is 2. The lowest BCUT2D eigenvalue weighted by molar-refractivity contribution is -0.123. The summed E-state index contributed by atoms with van der Waals surface area (Å²) in [5, 5.41) is 27.1. The number of fused-ring (bicyclic) bond motifs is 3. The number of nitrogens with one attached hydrogen (secondary N) is 2. The summed E-state index contributed by atoms with van der Waals surface area (Å²) in [7, 11) is 1.42. The fourth-order valence-electron chi connectivity index (χ4n) is 4.61. The van der Waals surface area contributed by atoms with E-state index in [-0.39, 0.29) is 57.7 Å². The molecule has 0 spiro atoms. The molecule has 0 radical (unpaired) electrons. The minimum Gasteiger partial charge on any atom is -0.507 e. The van der Waals surface area contributed by atoms with Crippen molar-refractivity contribution in [1.82, 2.24) is 0 Å². The Morgan fingerprint density at radius 3 is 2.19 bits per heavy atom. The van der Waals surface area contributed by atoms with Gasteiger partial charge in [-0.05, 0) is 52.0 Å². The summed E-state index contributed by atoms with van der Waals surface area (Å²) in [4.78, 5) is 50.9. The van der Waals surface area contributed by atoms with Crippen molar-refractivity contribution >= 4 is 34.6 Å². The molecule has 0 fully saturated rings. The SMILES string of the molecule is COCC(=O)Nc1ccc(NC(C)=C2C(=O)C=C3Oc4c(C(C)=O)c(O)c(C)c(O)c4C3(C)C2=O)cc1. The van der Waals surface area contributed by atoms with Crippen molar-refractivity contribution in [3.05, 3.63) is 64.1 Å². The number of carbonyl (C=O) groups is 4. The van der Waals surface area contributed by atoms with Crippen LogP contribution in [0.3, 0.4) is 0 Å². The molecule has 1 aliphatic heterocycles. The lowest BCUT2D eigenvalue weighted by Crippen LogP contribution is -2.40. The summed E-state index contributed by atoms with van der Waals surface area (Å²) in [6.45, 7) is 5.64. The normalized spacial score (nSPS) is 19.4. The molecule has 37 heavy (non-hydrogen) atoms. The summed E-state index contributed by atoms with van der Waals surface area (Å²) in [5.74, 6) is -3.07. The third-order valence-electron chi connectivity index (χ3n) is 6.54. The summed E-state index contributed by atoms with van der Waals surface area (Å²) < 4.78 is 10.5. The number of amides is 1. The lowest BCUT2D eigenvalue weighted by atomic mass is 9.70. The molecule has 10 nitrogen and oxygen atoms in total. The molecule has 4 N–H and O–H groups in total. The molecule has 0 saturated heterocycles. The summed E-state index contributed by atoms with van der Waals surface area (Å²) in [5.41, 5.74) is -0.494. The quantitative estimate of drug-likeness (QED) is 0.263. The average molecular weight is 507 g/mol. The summed E-state index contributed by atoms with van der Waals surface area (Å²) in [6, 6.07) is 6.63. The van der Waals surface area contributed by atoms with E-state index in [2.05, 4.69) is 10.6 Å². The number of benzene rings is 2. The number of carbonyl (C=O) groups excluding carboxylic acids is 4. The molecule has 1 unspecified atom stereocenters. The highest BCUT2D eigenvalue weighted by Crippen LogP contribution is 2.57. The second-order valence-corrected chi connectivity index (χ2v) is 9.07. The van der Waals surface area contributed by atoms with E-state index in [1.165, 1.54) is 27.9 Å². The van der Waals surface area contributed by atoms with Crippen LogP contribution in [0.15, 0.2) is 47.4 Å². The molecule has 10 heteroatoms. The van der Waals surface area contributed by atoms with Crippen LogP contribution in [0.5, 0.6) is 17.2 Å². The number of anilines is 2. The molecule has 1 heterocycles. The maximum absolute atomic E-state index is 13.8. The maximum atomic E-state index is 13.8. The van der Waals surface area contributed by atoms with Crippen LogP contribution in [0.4, 0.5) is 11.4 Å². The predicted octanol–water partition coefficient (Wildman–Crippen LogP) is 3.27. The number of rotatable bonds is 6. The highest BCUT2D eigenvalue weighted by atomic mass is 16.5. The van der Waals surface area contributed by atoms with Gasteiger partial charge in [-0.3, -0.25) is 19.2 Å². The Morgan fingerprint density at radius 1 is 1.03 bits per heavy atom. The predicted molar refractivity (Wildman–Crippen MR) is 134 cm³/mol. The van der Waals surface area contributed by atoms with Gasteiger partial charge in [0.1, 0.15) is 40.6 Å². The standard InChI is InChI=1S/C27H26N2O8/c1-12-23(33)21(14(3)30)25-22(24(12)34)27(4)18(37-25)10-17(31)20(26(27)35)13(2)28-15-6-8-16(9-7-15)29-19(32)11-36-5/h6-10,28,33-34H,11H2,1-5H3,(H,29,32). The first kappa shape index (κ1) is 25.6. The summed E-state index contributed by atoms with van der Waals surface area (Å²) in [6.07, 6.45) is 1.16. The Balaban J connectivity index is 1.73. The second-order valence-electron chi connectivity index (χ2n) is 9.07. The maximum Gasteiger partial charge on any atom is 0.250 e. The van der Waals surface area contributed by atoms with E-state index in [0.29, 0.717) is 11.4 Å². The van der Waals surface area contributed by atoms with Crippen LogP contribution in [0, 0.1) is 6.92 Å². The average Bonchev–Trinajstić information content (AvgIpc) is 3.12. The Morgan fingerprint density at radius 2 is 1.62 bits per heavy atom. The van der Waals surface area contributed by atoms with E-state index in [1.807, 2.05) is 0 Å². The van der Waals surface area contributed by atoms with Crippen molar-refractivity contribution in [3.63, 3.8) is 0 Å². The van der Waals surface area contributed by atoms with Gasteiger partial charge in [0.05, 0.1) is 11.1 Å². The number of allylic oxidation sites excluding steroid dienone is 4. The number of aromatic hydroxyl groups is 2. The second kappa shape index (κ2) is 9.21. The minimum absolute atomic E-state index is 0.0257. The molecule has 192 valence electrons. The van der Waals surface area contributed by atoms with Gasteiger partial charge >= 0.3 is 0 Å². The van der Waals surface area contributed by atoms with E-state index >= 15 is 0 Å². The van der Waals surface area contributed by atoms with E-state index < -0.39 is 28.5 Å². The van der Waals surface area contributed by atoms with E-state index in [4.69, 9.17) is 9.47 Å². The number of ether oxygens (including phenoxy) is 2. The molecule has 1 atom stereocenters. The molecule has 2 aromatic rings. The number of hydrogen-bond acceptors (Lipinski definition) is 9. The lowest BCUT2D eigenvalue weighted by Gasteiger charge is -2.29. The van der Waals surface area contributed by atoms with Gasteiger partial charge in [0.25, 0.3) is 0 Å². The van der Waals surface area contributed by atoms with Crippen molar-refractivity contribution in [1.29, 1.82) is 0 Å². The van der Waals surface area contributed by atoms with Crippen LogP contribution in [0.25, 0.3) is 0 Å². The van der Waals surface area contributed by atoms with E-state index in [0.717, 1.165) is 6.08 Å². The largest absolute Gasteiger partial charge is 0.507 e. The smallest absolute Gasteiger partial charge is 0.250 e. The van der Waals surface area contributed by atoms with Crippen molar-refractivity contribution in [2.45, 2.75) is 33.1 Å². The van der Waals surface area contributed by atoms with E-state index in [9.17, 15) is 29.4 Å². The topological polar surface area (TPSA) is 151 Å². The van der Waals surface area contributed by atoms with Crippen LogP contribution in [0.1, 0.15) is 42.3 Å². The fourth-order valence-corrected chi connectivity index (χ4v) is 4.61. The van der Waals surface area contributed by atoms with Gasteiger partial charge in [0.2, 0.25) is 5.91 Å². The monoisotopic (exact) mass is 506 g/mol. The van der Waals surface area contributed by atoms with Gasteiger partial charge in [0, 0.05) is 35.8 Å². The highest BCUT2D eigenvalue weighted by Gasteiger charge is 2.56. The fraction of sp³-hybridized carbons (Fsp3) is 0.259. The number of phenolic OH excluding ortho intramolecular Hbond substituents is 2. The van der Waals surface area contributed by atoms with Crippen LogP contribution < -0.4 is 15.4 Å². The molecule has 2 aromatic carbocycles. The minimum atomic E-state index is -1.59. The van der Waals surface area contributed by atoms with Crippen LogP contribution in [0.2, 0.25) is 0 Å². The first-order chi connectivity index (χ1) is 17.4. The third-order valence-corrected chi connectivity index (χ3v) is 6.54. The van der Waals surface area contributed by atoms with Gasteiger partial charge in [-0.1, -0.05) is 0 Å². The molecular weight excluding hydrogens is 480 g/mol. The van der Waals surface area contributed by atoms with E-state index in [1.54, 1.807) is 31.2 Å². The number of hydrogen-bond donors (Lipinski definition) is 4. The Labute approximate surface area is 212 Å². The van der Waals surface area contributed by atoms with Gasteiger partial charge in [-0.25, -0.2) is 0 Å². The van der Waals surface area contributed by atoms with Crippen molar-refractivity contribution in [2.75, 3.05) is 24.4 Å². The first-order valence-electron chi connectivity index (χ1n) is 11.4. The molecule has 2 aliphatic rings. The molecule has 0 saturated carbocycles. The first-order valence-corrected chi connectivity index (χ1v) is 11.4. The van der Waals surface area contributed by atoms with Crippen LogP contribution in [-0.2, 0) is 24.5 Å². The van der Waals surface area contributed by atoms with Gasteiger partial charge in [-0.15, -0.1) is 0 Å². The van der Waals surface area contributed by atoms with Crippen molar-refractivity contribution in [3.8, 4) is 17.2 Å². The highest BCUT2D eigenvalue weighted by molar-refractivity contribution is 6.31. The molecule has 1 amide bonds. The molecule has 4 rings (SSSR count). The van der Waals surface area contributed by atoms with Crippen molar-refractivity contribution in [2.24, 2.45) is 0 Å². The molecule has 0 aromatic heterocycles. The van der Waals surface area contributed by atoms with Crippen molar-refractivity contribution < 1.29 is 38.9 Å². The Bertz CT molecular complexity index is 1440. The number of methoxy groups -OCH3 is 1. The van der Waals surface area contributed by atoms with Gasteiger partial charge in [-0.2, -0.15) is 0 Å². The molecule has 0 bridgehead atoms. The zero-order valence-corrected chi connectivity index (χ0v) is 20.9. The Kier molecular flexibility index (Phi) is 6.39. The molecule has 1 aliphatic carbocycles. The van der Waals surface area contributed by atoms with Crippen LogP contribution in [-0.4, -0.2) is 47.2 Å². The third kappa shape index (κ3) is 4.05. The number of ketones is 3. The molecular formula is C27H26N2O8. The zero-order valence-electron chi connectivity index (χ0n) is 20.9.